The summed E-state index contributed by atoms with van der Waals surface area (Å²) in [5.74, 6) is -0.338. The van der Waals surface area contributed by atoms with Crippen LogP contribution in [0.15, 0.2) is 22.7 Å². The molecule has 0 fully saturated rings. The Morgan fingerprint density at radius 2 is 2.33 bits per heavy atom. The third-order valence-corrected chi connectivity index (χ3v) is 2.45. The van der Waals surface area contributed by atoms with Crippen LogP contribution in [0, 0.1) is 11.3 Å². The summed E-state index contributed by atoms with van der Waals surface area (Å²) in [6.45, 7) is 0.494. The number of hydrogen-bond acceptors (Lipinski definition) is 3. The fourth-order valence-corrected chi connectivity index (χ4v) is 1.51. The molecule has 0 heterocycles. The van der Waals surface area contributed by atoms with Crippen molar-refractivity contribution < 1.29 is 4.79 Å². The van der Waals surface area contributed by atoms with Crippen LogP contribution < -0.4 is 11.1 Å². The SMILES string of the molecule is N#Cc1ccc(NCCC(N)=O)cc1Br. The second-order valence-corrected chi connectivity index (χ2v) is 3.80. The van der Waals surface area contributed by atoms with Crippen molar-refractivity contribution in [2.24, 2.45) is 5.73 Å². The number of rotatable bonds is 4. The van der Waals surface area contributed by atoms with Crippen molar-refractivity contribution in [3.63, 3.8) is 0 Å². The fraction of sp³-hybridized carbons (Fsp3) is 0.200. The number of primary amides is 1. The Morgan fingerprint density at radius 3 is 2.87 bits per heavy atom. The summed E-state index contributed by atoms with van der Waals surface area (Å²) in [6, 6.07) is 7.33. The molecule has 0 aromatic heterocycles. The summed E-state index contributed by atoms with van der Waals surface area (Å²) in [6.07, 6.45) is 0.289. The first-order valence-electron chi connectivity index (χ1n) is 4.35. The topological polar surface area (TPSA) is 78.9 Å². The highest BCUT2D eigenvalue weighted by atomic mass is 79.9. The summed E-state index contributed by atoms with van der Waals surface area (Å²) in [5, 5.41) is 11.7. The van der Waals surface area contributed by atoms with Gasteiger partial charge in [0.05, 0.1) is 5.56 Å². The Hall–Kier alpha value is -1.54. The Kier molecular flexibility index (Phi) is 4.13. The molecular formula is C10H10BrN3O. The lowest BCUT2D eigenvalue weighted by Gasteiger charge is -2.05. The van der Waals surface area contributed by atoms with Gasteiger partial charge in [-0.2, -0.15) is 5.26 Å². The lowest BCUT2D eigenvalue weighted by atomic mass is 10.2. The van der Waals surface area contributed by atoms with E-state index in [1.54, 1.807) is 18.2 Å². The van der Waals surface area contributed by atoms with Crippen molar-refractivity contribution >= 4 is 27.5 Å². The molecule has 0 saturated carbocycles. The van der Waals surface area contributed by atoms with Crippen LogP contribution in [0.3, 0.4) is 0 Å². The van der Waals surface area contributed by atoms with Crippen LogP contribution >= 0.6 is 15.9 Å². The summed E-state index contributed by atoms with van der Waals surface area (Å²) in [5.41, 5.74) is 6.43. The lowest BCUT2D eigenvalue weighted by Crippen LogP contribution is -2.15. The van der Waals surface area contributed by atoms with Crippen molar-refractivity contribution in [2.75, 3.05) is 11.9 Å². The van der Waals surface area contributed by atoms with Crippen molar-refractivity contribution in [1.82, 2.24) is 0 Å². The van der Waals surface area contributed by atoms with Crippen LogP contribution in [-0.4, -0.2) is 12.5 Å². The van der Waals surface area contributed by atoms with E-state index in [1.807, 2.05) is 6.07 Å². The number of hydrogen-bond donors (Lipinski definition) is 2. The number of benzene rings is 1. The molecule has 1 rings (SSSR count). The van der Waals surface area contributed by atoms with E-state index in [2.05, 4.69) is 21.2 Å². The van der Waals surface area contributed by atoms with E-state index in [0.29, 0.717) is 12.1 Å². The zero-order valence-corrected chi connectivity index (χ0v) is 9.54. The molecule has 0 bridgehead atoms. The van der Waals surface area contributed by atoms with Gasteiger partial charge >= 0.3 is 0 Å². The average Bonchev–Trinajstić information content (AvgIpc) is 2.17. The highest BCUT2D eigenvalue weighted by molar-refractivity contribution is 9.10. The quantitative estimate of drug-likeness (QED) is 0.870. The van der Waals surface area contributed by atoms with E-state index >= 15 is 0 Å². The molecule has 5 heteroatoms. The van der Waals surface area contributed by atoms with Crippen LogP contribution in [0.4, 0.5) is 5.69 Å². The van der Waals surface area contributed by atoms with Gasteiger partial charge < -0.3 is 11.1 Å². The molecule has 1 aromatic rings. The number of carbonyl (C=O) groups excluding carboxylic acids is 1. The maximum absolute atomic E-state index is 10.5. The van der Waals surface area contributed by atoms with Crippen molar-refractivity contribution in [3.8, 4) is 6.07 Å². The van der Waals surface area contributed by atoms with Gasteiger partial charge in [0.2, 0.25) is 5.91 Å². The molecule has 1 amide bonds. The molecule has 0 spiro atoms. The zero-order valence-electron chi connectivity index (χ0n) is 7.96. The molecular weight excluding hydrogens is 258 g/mol. The van der Waals surface area contributed by atoms with Crippen LogP contribution in [0.5, 0.6) is 0 Å². The first kappa shape index (κ1) is 11.5. The molecule has 3 N–H and O–H groups in total. The van der Waals surface area contributed by atoms with Gasteiger partial charge in [0.1, 0.15) is 6.07 Å². The molecule has 4 nitrogen and oxygen atoms in total. The minimum atomic E-state index is -0.338. The van der Waals surface area contributed by atoms with E-state index in [0.717, 1.165) is 10.2 Å². The van der Waals surface area contributed by atoms with Gasteiger partial charge in [0.15, 0.2) is 0 Å². The molecule has 0 unspecified atom stereocenters. The van der Waals surface area contributed by atoms with Gasteiger partial charge in [0, 0.05) is 23.1 Å². The van der Waals surface area contributed by atoms with E-state index in [1.165, 1.54) is 0 Å². The van der Waals surface area contributed by atoms with Gasteiger partial charge in [-0.3, -0.25) is 4.79 Å². The van der Waals surface area contributed by atoms with Gasteiger partial charge in [-0.15, -0.1) is 0 Å². The molecule has 0 radical (unpaired) electrons. The summed E-state index contributed by atoms with van der Waals surface area (Å²) in [7, 11) is 0. The zero-order chi connectivity index (χ0) is 11.3. The number of nitrogens with one attached hydrogen (secondary N) is 1. The predicted octanol–water partition coefficient (Wildman–Crippen LogP) is 1.61. The fourth-order valence-electron chi connectivity index (χ4n) is 1.05. The van der Waals surface area contributed by atoms with Crippen molar-refractivity contribution in [1.29, 1.82) is 5.26 Å². The minimum absolute atomic E-state index is 0.289. The number of nitrogens with zero attached hydrogens (tertiary/aromatic N) is 1. The molecule has 15 heavy (non-hydrogen) atoms. The Balaban J connectivity index is 2.60. The predicted molar refractivity (Wildman–Crippen MR) is 61.2 cm³/mol. The van der Waals surface area contributed by atoms with Crippen LogP contribution in [0.25, 0.3) is 0 Å². The molecule has 0 aliphatic rings. The standard InChI is InChI=1S/C10H10BrN3O/c11-9-5-8(2-1-7(9)6-12)14-4-3-10(13)15/h1-2,5,14H,3-4H2,(H2,13,15). The summed E-state index contributed by atoms with van der Waals surface area (Å²) < 4.78 is 0.731. The Morgan fingerprint density at radius 1 is 1.60 bits per heavy atom. The molecule has 0 aliphatic heterocycles. The van der Waals surface area contributed by atoms with Crippen molar-refractivity contribution in [2.45, 2.75) is 6.42 Å². The number of amides is 1. The summed E-state index contributed by atoms with van der Waals surface area (Å²) >= 11 is 3.27. The van der Waals surface area contributed by atoms with Gasteiger partial charge in [0.25, 0.3) is 0 Å². The number of carbonyl (C=O) groups is 1. The molecule has 1 aromatic carbocycles. The smallest absolute Gasteiger partial charge is 0.219 e. The normalized spacial score (nSPS) is 9.33. The van der Waals surface area contributed by atoms with Crippen molar-refractivity contribution in [3.05, 3.63) is 28.2 Å². The van der Waals surface area contributed by atoms with E-state index in [9.17, 15) is 4.79 Å². The maximum Gasteiger partial charge on any atom is 0.219 e. The number of halogens is 1. The monoisotopic (exact) mass is 267 g/mol. The Bertz CT molecular complexity index is 412. The first-order chi connectivity index (χ1) is 7.13. The number of anilines is 1. The second-order valence-electron chi connectivity index (χ2n) is 2.95. The van der Waals surface area contributed by atoms with E-state index < -0.39 is 0 Å². The molecule has 0 aliphatic carbocycles. The summed E-state index contributed by atoms with van der Waals surface area (Å²) in [4.78, 5) is 10.5. The van der Waals surface area contributed by atoms with Crippen LogP contribution in [0.1, 0.15) is 12.0 Å². The minimum Gasteiger partial charge on any atom is -0.384 e. The van der Waals surface area contributed by atoms with E-state index in [4.69, 9.17) is 11.0 Å². The van der Waals surface area contributed by atoms with Crippen LogP contribution in [-0.2, 0) is 4.79 Å². The van der Waals surface area contributed by atoms with Gasteiger partial charge in [-0.1, -0.05) is 0 Å². The number of nitrogens with two attached hydrogens (primary N) is 1. The second kappa shape index (κ2) is 5.37. The largest absolute Gasteiger partial charge is 0.384 e. The van der Waals surface area contributed by atoms with Gasteiger partial charge in [-0.25, -0.2) is 0 Å². The molecule has 0 saturated heterocycles. The van der Waals surface area contributed by atoms with Crippen LogP contribution in [0.2, 0.25) is 0 Å². The third-order valence-electron chi connectivity index (χ3n) is 1.79. The highest BCUT2D eigenvalue weighted by Gasteiger charge is 2.00. The first-order valence-corrected chi connectivity index (χ1v) is 5.14. The average molecular weight is 268 g/mol. The van der Waals surface area contributed by atoms with E-state index in [-0.39, 0.29) is 12.3 Å². The Labute approximate surface area is 96.2 Å². The lowest BCUT2D eigenvalue weighted by molar-refractivity contribution is -0.117. The maximum atomic E-state index is 10.5. The molecule has 0 atom stereocenters. The van der Waals surface area contributed by atoms with Gasteiger partial charge in [-0.05, 0) is 34.1 Å². The molecule has 78 valence electrons. The third kappa shape index (κ3) is 3.60. The highest BCUT2D eigenvalue weighted by Crippen LogP contribution is 2.20. The number of nitriles is 1.